The van der Waals surface area contributed by atoms with E-state index in [0.29, 0.717) is 11.3 Å². The van der Waals surface area contributed by atoms with Crippen molar-refractivity contribution >= 4 is 23.5 Å². The molecular formula is C26H20ClN3O4. The lowest BCUT2D eigenvalue weighted by Gasteiger charge is -2.18. The first-order valence-electron chi connectivity index (χ1n) is 10.4. The maximum Gasteiger partial charge on any atom is 0.336 e. The number of carbonyl (C=O) groups excluding carboxylic acids is 1. The van der Waals surface area contributed by atoms with Crippen molar-refractivity contribution in [1.29, 1.82) is 0 Å². The van der Waals surface area contributed by atoms with Gasteiger partial charge in [0.15, 0.2) is 0 Å². The summed E-state index contributed by atoms with van der Waals surface area (Å²) in [7, 11) is 0. The zero-order chi connectivity index (χ0) is 24.1. The molecule has 0 aliphatic carbocycles. The predicted molar refractivity (Wildman–Crippen MR) is 128 cm³/mol. The normalized spacial score (nSPS) is 11.5. The monoisotopic (exact) mass is 473 g/mol. The van der Waals surface area contributed by atoms with Crippen LogP contribution in [-0.2, 0) is 0 Å². The molecule has 7 nitrogen and oxygen atoms in total. The minimum absolute atomic E-state index is 0.0764. The van der Waals surface area contributed by atoms with E-state index in [2.05, 4.69) is 15.3 Å². The number of nitrogens with one attached hydrogen (secondary N) is 1. The number of hydrogen-bond acceptors (Lipinski definition) is 5. The molecule has 170 valence electrons. The molecule has 2 heterocycles. The van der Waals surface area contributed by atoms with Crippen molar-refractivity contribution < 1.29 is 19.4 Å². The molecule has 0 saturated carbocycles. The fourth-order valence-electron chi connectivity index (χ4n) is 3.49. The SMILES string of the molecule is C[C@H](NC(=O)c1cc(Cl)cnc1Oc1cccc(-c2ccncc2)c1)c1ccccc1C(=O)O. The first-order chi connectivity index (χ1) is 16.4. The second-order valence-electron chi connectivity index (χ2n) is 7.46. The molecular weight excluding hydrogens is 454 g/mol. The van der Waals surface area contributed by atoms with Gasteiger partial charge in [0.05, 0.1) is 16.6 Å². The van der Waals surface area contributed by atoms with Crippen molar-refractivity contribution in [2.75, 3.05) is 0 Å². The van der Waals surface area contributed by atoms with E-state index in [0.717, 1.165) is 11.1 Å². The minimum atomic E-state index is -1.07. The standard InChI is InChI=1S/C26H20ClN3O4/c1-16(21-7-2-3-8-22(21)26(32)33)30-24(31)23-14-19(27)15-29-25(23)34-20-6-4-5-18(13-20)17-9-11-28-12-10-17/h2-16H,1H3,(H,30,31)(H,32,33)/t16-/m0/s1. The average molecular weight is 474 g/mol. The quantitative estimate of drug-likeness (QED) is 0.353. The van der Waals surface area contributed by atoms with Crippen LogP contribution in [0.15, 0.2) is 85.3 Å². The summed E-state index contributed by atoms with van der Waals surface area (Å²) >= 11 is 6.11. The highest BCUT2D eigenvalue weighted by Gasteiger charge is 2.21. The third kappa shape index (κ3) is 5.22. The summed E-state index contributed by atoms with van der Waals surface area (Å²) in [4.78, 5) is 32.9. The van der Waals surface area contributed by atoms with Crippen LogP contribution in [0.4, 0.5) is 0 Å². The summed E-state index contributed by atoms with van der Waals surface area (Å²) in [6.07, 6.45) is 4.80. The number of nitrogens with zero attached hydrogens (tertiary/aromatic N) is 2. The second kappa shape index (κ2) is 10.1. The molecule has 2 aromatic heterocycles. The van der Waals surface area contributed by atoms with Crippen LogP contribution in [0.1, 0.15) is 39.2 Å². The van der Waals surface area contributed by atoms with Crippen LogP contribution in [0.3, 0.4) is 0 Å². The Kier molecular flexibility index (Phi) is 6.85. The van der Waals surface area contributed by atoms with Gasteiger partial charge in [0.1, 0.15) is 11.3 Å². The van der Waals surface area contributed by atoms with Gasteiger partial charge in [0, 0.05) is 18.6 Å². The van der Waals surface area contributed by atoms with E-state index < -0.39 is 17.9 Å². The van der Waals surface area contributed by atoms with Crippen LogP contribution >= 0.6 is 11.6 Å². The molecule has 1 amide bonds. The average Bonchev–Trinajstić information content (AvgIpc) is 2.85. The zero-order valence-electron chi connectivity index (χ0n) is 18.1. The highest BCUT2D eigenvalue weighted by molar-refractivity contribution is 6.30. The first kappa shape index (κ1) is 22.9. The van der Waals surface area contributed by atoms with Crippen LogP contribution in [0.25, 0.3) is 11.1 Å². The molecule has 0 aliphatic rings. The molecule has 0 fully saturated rings. The van der Waals surface area contributed by atoms with Gasteiger partial charge in [0.25, 0.3) is 5.91 Å². The van der Waals surface area contributed by atoms with E-state index in [1.54, 1.807) is 43.6 Å². The summed E-state index contributed by atoms with van der Waals surface area (Å²) in [6, 6.07) is 18.5. The Bertz CT molecular complexity index is 1340. The maximum atomic E-state index is 13.1. The molecule has 0 bridgehead atoms. The molecule has 2 aromatic carbocycles. The smallest absolute Gasteiger partial charge is 0.336 e. The van der Waals surface area contributed by atoms with E-state index >= 15 is 0 Å². The molecule has 0 spiro atoms. The highest BCUT2D eigenvalue weighted by atomic mass is 35.5. The molecule has 0 unspecified atom stereocenters. The summed E-state index contributed by atoms with van der Waals surface area (Å²) < 4.78 is 5.96. The van der Waals surface area contributed by atoms with Gasteiger partial charge in [-0.3, -0.25) is 9.78 Å². The number of hydrogen-bond donors (Lipinski definition) is 2. The largest absolute Gasteiger partial charge is 0.478 e. The van der Waals surface area contributed by atoms with Crippen LogP contribution in [-0.4, -0.2) is 27.0 Å². The number of halogens is 1. The van der Waals surface area contributed by atoms with Crippen molar-refractivity contribution in [3.63, 3.8) is 0 Å². The Balaban J connectivity index is 1.60. The second-order valence-corrected chi connectivity index (χ2v) is 7.90. The number of aromatic carboxylic acids is 1. The van der Waals surface area contributed by atoms with Crippen LogP contribution in [0.2, 0.25) is 5.02 Å². The summed E-state index contributed by atoms with van der Waals surface area (Å²) in [5, 5.41) is 12.5. The van der Waals surface area contributed by atoms with Gasteiger partial charge >= 0.3 is 5.97 Å². The number of aromatic nitrogens is 2. The van der Waals surface area contributed by atoms with Gasteiger partial charge in [-0.2, -0.15) is 0 Å². The van der Waals surface area contributed by atoms with Gasteiger partial charge in [-0.05, 0) is 60.0 Å². The van der Waals surface area contributed by atoms with Crippen LogP contribution < -0.4 is 10.1 Å². The van der Waals surface area contributed by atoms with E-state index in [1.165, 1.54) is 18.3 Å². The Morgan fingerprint density at radius 2 is 1.74 bits per heavy atom. The van der Waals surface area contributed by atoms with Crippen molar-refractivity contribution in [3.05, 3.63) is 107 Å². The molecule has 0 aliphatic heterocycles. The Morgan fingerprint density at radius 1 is 0.971 bits per heavy atom. The van der Waals surface area contributed by atoms with E-state index in [1.807, 2.05) is 30.3 Å². The molecule has 0 saturated heterocycles. The van der Waals surface area contributed by atoms with Gasteiger partial charge in [-0.1, -0.05) is 41.9 Å². The van der Waals surface area contributed by atoms with Crippen molar-refractivity contribution in [1.82, 2.24) is 15.3 Å². The van der Waals surface area contributed by atoms with Gasteiger partial charge in [-0.25, -0.2) is 9.78 Å². The third-order valence-electron chi connectivity index (χ3n) is 5.13. The fourth-order valence-corrected chi connectivity index (χ4v) is 3.65. The Labute approximate surface area is 201 Å². The number of pyridine rings is 2. The summed E-state index contributed by atoms with van der Waals surface area (Å²) in [5.74, 6) is -1.00. The Morgan fingerprint density at radius 3 is 2.50 bits per heavy atom. The van der Waals surface area contributed by atoms with Crippen molar-refractivity contribution in [2.45, 2.75) is 13.0 Å². The van der Waals surface area contributed by atoms with Gasteiger partial charge in [0.2, 0.25) is 5.88 Å². The third-order valence-corrected chi connectivity index (χ3v) is 5.34. The molecule has 0 radical (unpaired) electrons. The number of carbonyl (C=O) groups is 2. The lowest BCUT2D eigenvalue weighted by molar-refractivity contribution is 0.0693. The van der Waals surface area contributed by atoms with E-state index in [9.17, 15) is 14.7 Å². The van der Waals surface area contributed by atoms with E-state index in [-0.39, 0.29) is 22.0 Å². The predicted octanol–water partition coefficient (Wildman–Crippen LogP) is 5.78. The maximum absolute atomic E-state index is 13.1. The Hall–Kier alpha value is -4.23. The molecule has 4 aromatic rings. The van der Waals surface area contributed by atoms with Crippen LogP contribution in [0.5, 0.6) is 11.6 Å². The number of amides is 1. The first-order valence-corrected chi connectivity index (χ1v) is 10.8. The molecule has 2 N–H and O–H groups in total. The molecule has 4 rings (SSSR count). The van der Waals surface area contributed by atoms with Crippen molar-refractivity contribution in [3.8, 4) is 22.8 Å². The topological polar surface area (TPSA) is 101 Å². The minimum Gasteiger partial charge on any atom is -0.478 e. The van der Waals surface area contributed by atoms with E-state index in [4.69, 9.17) is 16.3 Å². The molecule has 34 heavy (non-hydrogen) atoms. The lowest BCUT2D eigenvalue weighted by atomic mass is 10.0. The number of carboxylic acid groups (broad SMARTS) is 1. The summed E-state index contributed by atoms with van der Waals surface area (Å²) in [6.45, 7) is 1.70. The summed E-state index contributed by atoms with van der Waals surface area (Å²) in [5.41, 5.74) is 2.60. The molecule has 8 heteroatoms. The lowest BCUT2D eigenvalue weighted by Crippen LogP contribution is -2.28. The number of rotatable bonds is 7. The van der Waals surface area contributed by atoms with Gasteiger partial charge < -0.3 is 15.2 Å². The zero-order valence-corrected chi connectivity index (χ0v) is 18.9. The van der Waals surface area contributed by atoms with Crippen LogP contribution in [0, 0.1) is 0 Å². The fraction of sp³-hybridized carbons (Fsp3) is 0.0769. The van der Waals surface area contributed by atoms with Gasteiger partial charge in [-0.15, -0.1) is 0 Å². The highest BCUT2D eigenvalue weighted by Crippen LogP contribution is 2.29. The molecule has 1 atom stereocenters. The number of ether oxygens (including phenoxy) is 1. The number of benzene rings is 2. The number of carboxylic acids is 1. The van der Waals surface area contributed by atoms with Crippen molar-refractivity contribution in [2.24, 2.45) is 0 Å².